The van der Waals surface area contributed by atoms with Crippen LogP contribution in [0.1, 0.15) is 25.5 Å². The van der Waals surface area contributed by atoms with E-state index in [1.165, 1.54) is 6.07 Å². The SMILES string of the molecule is CCN(c1ccccc1)c1cccc(F)c1C(C)NC. The highest BCUT2D eigenvalue weighted by Gasteiger charge is 2.18. The van der Waals surface area contributed by atoms with Gasteiger partial charge in [0.2, 0.25) is 0 Å². The third kappa shape index (κ3) is 2.83. The van der Waals surface area contributed by atoms with Gasteiger partial charge in [0.05, 0.1) is 0 Å². The van der Waals surface area contributed by atoms with Crippen molar-refractivity contribution in [3.8, 4) is 0 Å². The zero-order chi connectivity index (χ0) is 14.5. The maximum atomic E-state index is 14.2. The van der Waals surface area contributed by atoms with Crippen LogP contribution in [0.25, 0.3) is 0 Å². The van der Waals surface area contributed by atoms with Gasteiger partial charge < -0.3 is 10.2 Å². The van der Waals surface area contributed by atoms with Crippen molar-refractivity contribution in [2.24, 2.45) is 0 Å². The van der Waals surface area contributed by atoms with Gasteiger partial charge in [0.15, 0.2) is 0 Å². The summed E-state index contributed by atoms with van der Waals surface area (Å²) in [4.78, 5) is 2.13. The summed E-state index contributed by atoms with van der Waals surface area (Å²) in [6, 6.07) is 15.3. The van der Waals surface area contributed by atoms with Crippen LogP contribution in [0, 0.1) is 5.82 Å². The molecule has 0 aliphatic carbocycles. The van der Waals surface area contributed by atoms with Gasteiger partial charge in [-0.3, -0.25) is 0 Å². The molecule has 0 aliphatic heterocycles. The molecule has 1 atom stereocenters. The van der Waals surface area contributed by atoms with Gasteiger partial charge in [0.1, 0.15) is 5.82 Å². The Morgan fingerprint density at radius 3 is 2.40 bits per heavy atom. The van der Waals surface area contributed by atoms with Gasteiger partial charge in [-0.25, -0.2) is 4.39 Å². The number of hydrogen-bond donors (Lipinski definition) is 1. The first-order valence-electron chi connectivity index (χ1n) is 6.97. The maximum Gasteiger partial charge on any atom is 0.130 e. The third-order valence-electron chi connectivity index (χ3n) is 3.57. The van der Waals surface area contributed by atoms with Crippen LogP contribution in [0.5, 0.6) is 0 Å². The third-order valence-corrected chi connectivity index (χ3v) is 3.57. The molecule has 0 saturated heterocycles. The van der Waals surface area contributed by atoms with E-state index in [9.17, 15) is 4.39 Å². The molecule has 106 valence electrons. The van der Waals surface area contributed by atoms with Crippen molar-refractivity contribution in [1.82, 2.24) is 5.32 Å². The monoisotopic (exact) mass is 272 g/mol. The van der Waals surface area contributed by atoms with Crippen LogP contribution in [0.15, 0.2) is 48.5 Å². The van der Waals surface area contributed by atoms with Crippen molar-refractivity contribution in [2.75, 3.05) is 18.5 Å². The lowest BCUT2D eigenvalue weighted by Gasteiger charge is -2.28. The summed E-state index contributed by atoms with van der Waals surface area (Å²) < 4.78 is 14.2. The number of rotatable bonds is 5. The van der Waals surface area contributed by atoms with Crippen LogP contribution >= 0.6 is 0 Å². The van der Waals surface area contributed by atoms with E-state index in [2.05, 4.69) is 17.1 Å². The molecule has 0 heterocycles. The molecule has 2 aromatic rings. The first-order valence-corrected chi connectivity index (χ1v) is 6.97. The summed E-state index contributed by atoms with van der Waals surface area (Å²) in [6.45, 7) is 4.84. The molecular formula is C17H21FN2. The summed E-state index contributed by atoms with van der Waals surface area (Å²) in [7, 11) is 1.85. The molecule has 0 amide bonds. The average molecular weight is 272 g/mol. The van der Waals surface area contributed by atoms with Gasteiger partial charge in [0, 0.05) is 29.5 Å². The number of hydrogen-bond acceptors (Lipinski definition) is 2. The van der Waals surface area contributed by atoms with Crippen LogP contribution in [0.4, 0.5) is 15.8 Å². The Balaban J connectivity index is 2.53. The summed E-state index contributed by atoms with van der Waals surface area (Å²) in [5.74, 6) is -0.168. The lowest BCUT2D eigenvalue weighted by atomic mass is 10.0. The van der Waals surface area contributed by atoms with Crippen LogP contribution in [0.3, 0.4) is 0 Å². The van der Waals surface area contributed by atoms with E-state index in [0.29, 0.717) is 5.56 Å². The molecule has 0 spiro atoms. The van der Waals surface area contributed by atoms with Crippen LogP contribution in [0.2, 0.25) is 0 Å². The molecule has 2 aromatic carbocycles. The molecular weight excluding hydrogens is 251 g/mol. The number of benzene rings is 2. The molecule has 0 bridgehead atoms. The van der Waals surface area contributed by atoms with Crippen LogP contribution in [-0.4, -0.2) is 13.6 Å². The fourth-order valence-electron chi connectivity index (χ4n) is 2.43. The largest absolute Gasteiger partial charge is 0.341 e. The lowest BCUT2D eigenvalue weighted by molar-refractivity contribution is 0.562. The maximum absolute atomic E-state index is 14.2. The number of halogens is 1. The molecule has 0 radical (unpaired) electrons. The van der Waals surface area contributed by atoms with Gasteiger partial charge >= 0.3 is 0 Å². The van der Waals surface area contributed by atoms with Crippen molar-refractivity contribution in [3.05, 3.63) is 59.9 Å². The van der Waals surface area contributed by atoms with E-state index in [1.807, 2.05) is 50.4 Å². The van der Waals surface area contributed by atoms with E-state index in [0.717, 1.165) is 17.9 Å². The highest BCUT2D eigenvalue weighted by atomic mass is 19.1. The van der Waals surface area contributed by atoms with Crippen LogP contribution in [-0.2, 0) is 0 Å². The predicted molar refractivity (Wildman–Crippen MR) is 83.0 cm³/mol. The van der Waals surface area contributed by atoms with Crippen molar-refractivity contribution in [2.45, 2.75) is 19.9 Å². The minimum absolute atomic E-state index is 0.0380. The Bertz CT molecular complexity index is 554. The summed E-state index contributed by atoms with van der Waals surface area (Å²) in [5, 5.41) is 3.13. The molecule has 20 heavy (non-hydrogen) atoms. The minimum atomic E-state index is -0.168. The molecule has 2 rings (SSSR count). The Hall–Kier alpha value is -1.87. The first kappa shape index (κ1) is 14.5. The van der Waals surface area contributed by atoms with Gasteiger partial charge in [-0.05, 0) is 45.2 Å². The summed E-state index contributed by atoms with van der Waals surface area (Å²) in [6.07, 6.45) is 0. The summed E-state index contributed by atoms with van der Waals surface area (Å²) >= 11 is 0. The normalized spacial score (nSPS) is 12.2. The second kappa shape index (κ2) is 6.53. The quantitative estimate of drug-likeness (QED) is 0.874. The minimum Gasteiger partial charge on any atom is -0.341 e. The smallest absolute Gasteiger partial charge is 0.130 e. The van der Waals surface area contributed by atoms with E-state index in [1.54, 1.807) is 6.07 Å². The molecule has 1 unspecified atom stereocenters. The van der Waals surface area contributed by atoms with Crippen molar-refractivity contribution >= 4 is 11.4 Å². The second-order valence-electron chi connectivity index (χ2n) is 4.76. The van der Waals surface area contributed by atoms with Crippen molar-refractivity contribution < 1.29 is 4.39 Å². The number of anilines is 2. The van der Waals surface area contributed by atoms with Crippen molar-refractivity contribution in [3.63, 3.8) is 0 Å². The van der Waals surface area contributed by atoms with Gasteiger partial charge in [-0.2, -0.15) is 0 Å². The molecule has 0 fully saturated rings. The fourth-order valence-corrected chi connectivity index (χ4v) is 2.43. The van der Waals surface area contributed by atoms with E-state index < -0.39 is 0 Å². The Morgan fingerprint density at radius 2 is 1.80 bits per heavy atom. The topological polar surface area (TPSA) is 15.3 Å². The Kier molecular flexibility index (Phi) is 4.74. The molecule has 2 nitrogen and oxygen atoms in total. The summed E-state index contributed by atoms with van der Waals surface area (Å²) in [5.41, 5.74) is 2.70. The zero-order valence-corrected chi connectivity index (χ0v) is 12.2. The van der Waals surface area contributed by atoms with E-state index >= 15 is 0 Å². The zero-order valence-electron chi connectivity index (χ0n) is 12.2. The van der Waals surface area contributed by atoms with E-state index in [-0.39, 0.29) is 11.9 Å². The Morgan fingerprint density at radius 1 is 1.10 bits per heavy atom. The number of para-hydroxylation sites is 1. The van der Waals surface area contributed by atoms with Gasteiger partial charge in [0.25, 0.3) is 0 Å². The highest BCUT2D eigenvalue weighted by Crippen LogP contribution is 2.33. The second-order valence-corrected chi connectivity index (χ2v) is 4.76. The average Bonchev–Trinajstić information content (AvgIpc) is 2.48. The predicted octanol–water partition coefficient (Wildman–Crippen LogP) is 4.26. The Labute approximate surface area is 120 Å². The lowest BCUT2D eigenvalue weighted by Crippen LogP contribution is -2.22. The fraction of sp³-hybridized carbons (Fsp3) is 0.294. The number of nitrogens with zero attached hydrogens (tertiary/aromatic N) is 1. The highest BCUT2D eigenvalue weighted by molar-refractivity contribution is 5.67. The standard InChI is InChI=1S/C17H21FN2/c1-4-20(14-9-6-5-7-10-14)16-12-8-11-15(18)17(16)13(2)19-3/h5-13,19H,4H2,1-3H3. The molecule has 0 saturated carbocycles. The van der Waals surface area contributed by atoms with Gasteiger partial charge in [-0.1, -0.05) is 24.3 Å². The van der Waals surface area contributed by atoms with Crippen LogP contribution < -0.4 is 10.2 Å². The van der Waals surface area contributed by atoms with E-state index in [4.69, 9.17) is 0 Å². The molecule has 3 heteroatoms. The number of nitrogens with one attached hydrogen (secondary N) is 1. The molecule has 0 aliphatic rings. The first-order chi connectivity index (χ1) is 9.69. The molecule has 0 aromatic heterocycles. The molecule has 1 N–H and O–H groups in total. The van der Waals surface area contributed by atoms with Gasteiger partial charge in [-0.15, -0.1) is 0 Å². The van der Waals surface area contributed by atoms with Crippen molar-refractivity contribution in [1.29, 1.82) is 0 Å².